The molecule has 0 amide bonds. The fourth-order valence-electron chi connectivity index (χ4n) is 1.99. The molecule has 4 nitrogen and oxygen atoms in total. The van der Waals surface area contributed by atoms with Crippen molar-refractivity contribution < 1.29 is 14.3 Å². The first-order chi connectivity index (χ1) is 7.56. The van der Waals surface area contributed by atoms with E-state index in [0.29, 0.717) is 0 Å². The first-order valence-corrected chi connectivity index (χ1v) is 5.57. The quantitative estimate of drug-likeness (QED) is 0.314. The number of methoxy groups -OCH3 is 1. The summed E-state index contributed by atoms with van der Waals surface area (Å²) in [6.07, 6.45) is 5.48. The van der Waals surface area contributed by atoms with E-state index < -0.39 is 5.97 Å². The van der Waals surface area contributed by atoms with E-state index in [1.807, 2.05) is 0 Å². The highest BCUT2D eigenvalue weighted by Crippen LogP contribution is 2.28. The van der Waals surface area contributed by atoms with Crippen molar-refractivity contribution in [3.8, 4) is 0 Å². The molecular formula is C12H19NO3. The average molecular weight is 225 g/mol. The predicted octanol–water partition coefficient (Wildman–Crippen LogP) is 1.36. The van der Waals surface area contributed by atoms with Gasteiger partial charge in [0.2, 0.25) is 0 Å². The summed E-state index contributed by atoms with van der Waals surface area (Å²) < 4.78 is 4.64. The maximum Gasteiger partial charge on any atom is 0.342 e. The van der Waals surface area contributed by atoms with Gasteiger partial charge in [-0.05, 0) is 12.8 Å². The zero-order valence-electron chi connectivity index (χ0n) is 10.2. The Bertz CT molecular complexity index is 301. The maximum atomic E-state index is 12.1. The first-order valence-electron chi connectivity index (χ1n) is 5.57. The SMILES string of the molecule is COC(=O)/C(=C/N(C)C)C(=O)C1CCCC1. The summed E-state index contributed by atoms with van der Waals surface area (Å²) >= 11 is 0. The molecule has 1 aliphatic carbocycles. The number of hydrogen-bond donors (Lipinski definition) is 0. The lowest BCUT2D eigenvalue weighted by Crippen LogP contribution is -2.23. The highest BCUT2D eigenvalue weighted by molar-refractivity contribution is 6.18. The van der Waals surface area contributed by atoms with E-state index in [2.05, 4.69) is 4.74 Å². The minimum atomic E-state index is -0.536. The van der Waals surface area contributed by atoms with E-state index in [4.69, 9.17) is 0 Å². The van der Waals surface area contributed by atoms with Gasteiger partial charge in [0.15, 0.2) is 5.78 Å². The van der Waals surface area contributed by atoms with Crippen LogP contribution in [-0.4, -0.2) is 37.9 Å². The van der Waals surface area contributed by atoms with Gasteiger partial charge in [-0.25, -0.2) is 4.79 Å². The molecule has 0 saturated heterocycles. The van der Waals surface area contributed by atoms with Crippen LogP contribution in [0.4, 0.5) is 0 Å². The van der Waals surface area contributed by atoms with Crippen molar-refractivity contribution in [1.82, 2.24) is 4.90 Å². The van der Waals surface area contributed by atoms with Crippen LogP contribution in [0.25, 0.3) is 0 Å². The molecule has 0 aromatic rings. The number of ketones is 1. The molecule has 0 aliphatic heterocycles. The van der Waals surface area contributed by atoms with Crippen LogP contribution in [0.5, 0.6) is 0 Å². The van der Waals surface area contributed by atoms with E-state index >= 15 is 0 Å². The molecule has 0 aromatic carbocycles. The number of ether oxygens (including phenoxy) is 1. The molecule has 16 heavy (non-hydrogen) atoms. The van der Waals surface area contributed by atoms with Crippen molar-refractivity contribution in [3.05, 3.63) is 11.8 Å². The van der Waals surface area contributed by atoms with Crippen LogP contribution in [0.15, 0.2) is 11.8 Å². The monoisotopic (exact) mass is 225 g/mol. The van der Waals surface area contributed by atoms with E-state index in [0.717, 1.165) is 25.7 Å². The third-order valence-corrected chi connectivity index (χ3v) is 2.78. The second kappa shape index (κ2) is 5.68. The highest BCUT2D eigenvalue weighted by Gasteiger charge is 2.29. The summed E-state index contributed by atoms with van der Waals surface area (Å²) in [6, 6.07) is 0. The molecule has 0 heterocycles. The summed E-state index contributed by atoms with van der Waals surface area (Å²) in [4.78, 5) is 25.3. The smallest absolute Gasteiger partial charge is 0.342 e. The second-order valence-electron chi connectivity index (χ2n) is 4.34. The number of carbonyl (C=O) groups excluding carboxylic acids is 2. The topological polar surface area (TPSA) is 46.6 Å². The van der Waals surface area contributed by atoms with Gasteiger partial charge in [0.25, 0.3) is 0 Å². The van der Waals surface area contributed by atoms with Crippen LogP contribution in [0, 0.1) is 5.92 Å². The molecule has 0 N–H and O–H groups in total. The number of hydrogen-bond acceptors (Lipinski definition) is 4. The van der Waals surface area contributed by atoms with Gasteiger partial charge < -0.3 is 9.64 Å². The summed E-state index contributed by atoms with van der Waals surface area (Å²) in [5, 5.41) is 0. The molecule has 0 bridgehead atoms. The average Bonchev–Trinajstić information content (AvgIpc) is 2.77. The summed E-state index contributed by atoms with van der Waals surface area (Å²) in [6.45, 7) is 0. The van der Waals surface area contributed by atoms with Crippen molar-refractivity contribution in [2.75, 3.05) is 21.2 Å². The van der Waals surface area contributed by atoms with E-state index in [1.54, 1.807) is 25.2 Å². The lowest BCUT2D eigenvalue weighted by Gasteiger charge is -2.12. The third-order valence-electron chi connectivity index (χ3n) is 2.78. The van der Waals surface area contributed by atoms with Crippen molar-refractivity contribution in [2.45, 2.75) is 25.7 Å². The van der Waals surface area contributed by atoms with Crippen LogP contribution in [0.2, 0.25) is 0 Å². The zero-order chi connectivity index (χ0) is 12.1. The molecule has 0 aromatic heterocycles. The molecule has 0 spiro atoms. The Hall–Kier alpha value is -1.32. The molecule has 1 fully saturated rings. The minimum Gasteiger partial charge on any atom is -0.465 e. The lowest BCUT2D eigenvalue weighted by molar-refractivity contribution is -0.138. The number of carbonyl (C=O) groups is 2. The van der Waals surface area contributed by atoms with Gasteiger partial charge in [0.1, 0.15) is 5.57 Å². The number of Topliss-reactive ketones (excluding diaryl/α,β-unsaturated/α-hetero) is 1. The number of nitrogens with zero attached hydrogens (tertiary/aromatic N) is 1. The molecule has 1 rings (SSSR count). The molecule has 0 atom stereocenters. The van der Waals surface area contributed by atoms with Gasteiger partial charge in [-0.15, -0.1) is 0 Å². The Kier molecular flexibility index (Phi) is 4.52. The maximum absolute atomic E-state index is 12.1. The normalized spacial score (nSPS) is 17.3. The van der Waals surface area contributed by atoms with Crippen molar-refractivity contribution in [2.24, 2.45) is 5.92 Å². The Morgan fingerprint density at radius 1 is 1.25 bits per heavy atom. The molecule has 0 radical (unpaired) electrons. The Balaban J connectivity index is 2.83. The highest BCUT2D eigenvalue weighted by atomic mass is 16.5. The summed E-state index contributed by atoms with van der Waals surface area (Å²) in [5.41, 5.74) is 0.166. The standard InChI is InChI=1S/C12H19NO3/c1-13(2)8-10(12(15)16-3)11(14)9-6-4-5-7-9/h8-9H,4-7H2,1-3H3/b10-8+. The van der Waals surface area contributed by atoms with Crippen molar-refractivity contribution in [3.63, 3.8) is 0 Å². The predicted molar refractivity (Wildman–Crippen MR) is 60.8 cm³/mol. The largest absolute Gasteiger partial charge is 0.465 e. The van der Waals surface area contributed by atoms with Crippen LogP contribution < -0.4 is 0 Å². The minimum absolute atomic E-state index is 0.00491. The van der Waals surface area contributed by atoms with Gasteiger partial charge in [0, 0.05) is 26.2 Å². The molecule has 4 heteroatoms. The fourth-order valence-corrected chi connectivity index (χ4v) is 1.99. The van der Waals surface area contributed by atoms with E-state index in [1.165, 1.54) is 7.11 Å². The Labute approximate surface area is 96.3 Å². The molecule has 1 aliphatic rings. The Morgan fingerprint density at radius 3 is 2.25 bits per heavy atom. The molecular weight excluding hydrogens is 206 g/mol. The second-order valence-corrected chi connectivity index (χ2v) is 4.34. The number of rotatable bonds is 4. The van der Waals surface area contributed by atoms with Crippen LogP contribution in [0.1, 0.15) is 25.7 Å². The first kappa shape index (κ1) is 12.7. The zero-order valence-corrected chi connectivity index (χ0v) is 10.2. The van der Waals surface area contributed by atoms with Gasteiger partial charge in [-0.2, -0.15) is 0 Å². The summed E-state index contributed by atoms with van der Waals surface area (Å²) in [7, 11) is 4.86. The Morgan fingerprint density at radius 2 is 1.81 bits per heavy atom. The lowest BCUT2D eigenvalue weighted by atomic mass is 9.96. The van der Waals surface area contributed by atoms with E-state index in [9.17, 15) is 9.59 Å². The fraction of sp³-hybridized carbons (Fsp3) is 0.667. The molecule has 90 valence electrons. The van der Waals surface area contributed by atoms with Gasteiger partial charge in [-0.1, -0.05) is 12.8 Å². The van der Waals surface area contributed by atoms with Crippen LogP contribution >= 0.6 is 0 Å². The van der Waals surface area contributed by atoms with Crippen molar-refractivity contribution in [1.29, 1.82) is 0 Å². The van der Waals surface area contributed by atoms with Gasteiger partial charge in [-0.3, -0.25) is 4.79 Å². The third kappa shape index (κ3) is 3.08. The van der Waals surface area contributed by atoms with Crippen molar-refractivity contribution >= 4 is 11.8 Å². The molecule has 1 saturated carbocycles. The number of esters is 1. The molecule has 0 unspecified atom stereocenters. The van der Waals surface area contributed by atoms with Gasteiger partial charge >= 0.3 is 5.97 Å². The van der Waals surface area contributed by atoms with Crippen LogP contribution in [0.3, 0.4) is 0 Å². The van der Waals surface area contributed by atoms with Crippen LogP contribution in [-0.2, 0) is 14.3 Å². The summed E-state index contributed by atoms with van der Waals surface area (Å²) in [5.74, 6) is -0.603. The van der Waals surface area contributed by atoms with E-state index in [-0.39, 0.29) is 17.3 Å². The van der Waals surface area contributed by atoms with Gasteiger partial charge in [0.05, 0.1) is 7.11 Å².